The van der Waals surface area contributed by atoms with Gasteiger partial charge >= 0.3 is 0 Å². The zero-order valence-corrected chi connectivity index (χ0v) is 7.62. The van der Waals surface area contributed by atoms with Gasteiger partial charge in [0.15, 0.2) is 0 Å². The molecule has 0 radical (unpaired) electrons. The van der Waals surface area contributed by atoms with E-state index in [-0.39, 0.29) is 6.61 Å². The van der Waals surface area contributed by atoms with Crippen LogP contribution in [0.3, 0.4) is 0 Å². The molecule has 0 saturated carbocycles. The van der Waals surface area contributed by atoms with Crippen LogP contribution in [0.2, 0.25) is 0 Å². The second-order valence-corrected chi connectivity index (χ2v) is 2.62. The first-order chi connectivity index (χ1) is 6.33. The highest BCUT2D eigenvalue weighted by molar-refractivity contribution is 5.26. The van der Waals surface area contributed by atoms with Crippen molar-refractivity contribution in [1.82, 2.24) is 9.97 Å². The Hall–Kier alpha value is -1.40. The van der Waals surface area contributed by atoms with Crippen molar-refractivity contribution in [3.8, 4) is 11.8 Å². The van der Waals surface area contributed by atoms with Gasteiger partial charge in [-0.25, -0.2) is 9.97 Å². The van der Waals surface area contributed by atoms with Gasteiger partial charge in [0.2, 0.25) is 0 Å². The van der Waals surface area contributed by atoms with Crippen molar-refractivity contribution in [2.75, 3.05) is 6.61 Å². The van der Waals surface area contributed by atoms with Crippen LogP contribution in [-0.4, -0.2) is 21.7 Å². The number of aliphatic hydroxyl groups excluding tert-OH is 1. The Balaban J connectivity index is 2.56. The first-order valence-electron chi connectivity index (χ1n) is 4.22. The first kappa shape index (κ1) is 9.69. The van der Waals surface area contributed by atoms with Crippen molar-refractivity contribution in [1.29, 1.82) is 0 Å². The molecular formula is C10H12N2O. The van der Waals surface area contributed by atoms with Gasteiger partial charge in [0.25, 0.3) is 0 Å². The van der Waals surface area contributed by atoms with E-state index < -0.39 is 0 Å². The zero-order chi connectivity index (χ0) is 9.52. The molecule has 0 fully saturated rings. The molecule has 3 heteroatoms. The van der Waals surface area contributed by atoms with Crippen LogP contribution in [-0.2, 0) is 0 Å². The van der Waals surface area contributed by atoms with E-state index in [1.165, 1.54) is 0 Å². The van der Waals surface area contributed by atoms with Crippen molar-refractivity contribution in [2.24, 2.45) is 0 Å². The molecule has 3 nitrogen and oxygen atoms in total. The van der Waals surface area contributed by atoms with Crippen LogP contribution in [0.15, 0.2) is 12.3 Å². The topological polar surface area (TPSA) is 46.0 Å². The molecule has 1 N–H and O–H groups in total. The smallest absolute Gasteiger partial charge is 0.126 e. The maximum absolute atomic E-state index is 8.51. The number of aliphatic hydroxyl groups is 1. The van der Waals surface area contributed by atoms with E-state index in [4.69, 9.17) is 5.11 Å². The molecule has 0 spiro atoms. The highest BCUT2D eigenvalue weighted by atomic mass is 16.2. The molecule has 0 bridgehead atoms. The molecule has 1 aromatic heterocycles. The molecule has 68 valence electrons. The molecule has 0 aliphatic carbocycles. The van der Waals surface area contributed by atoms with Gasteiger partial charge in [0.1, 0.15) is 11.5 Å². The van der Waals surface area contributed by atoms with Gasteiger partial charge in [0, 0.05) is 19.2 Å². The summed E-state index contributed by atoms with van der Waals surface area (Å²) in [5, 5.41) is 8.51. The maximum atomic E-state index is 8.51. The number of rotatable bonds is 2. The monoisotopic (exact) mass is 176 g/mol. The minimum absolute atomic E-state index is 0.192. The van der Waals surface area contributed by atoms with Crippen molar-refractivity contribution >= 4 is 0 Å². The molecular weight excluding hydrogens is 164 g/mol. The Kier molecular flexibility index (Phi) is 3.94. The van der Waals surface area contributed by atoms with Gasteiger partial charge in [0.05, 0.1) is 0 Å². The summed E-state index contributed by atoms with van der Waals surface area (Å²) < 4.78 is 0. The van der Waals surface area contributed by atoms with E-state index in [9.17, 15) is 0 Å². The number of aromatic nitrogens is 2. The van der Waals surface area contributed by atoms with Crippen LogP contribution >= 0.6 is 0 Å². The van der Waals surface area contributed by atoms with Crippen LogP contribution in [0, 0.1) is 18.8 Å². The van der Waals surface area contributed by atoms with E-state index in [2.05, 4.69) is 21.8 Å². The summed E-state index contributed by atoms with van der Waals surface area (Å²) in [6, 6.07) is 1.78. The van der Waals surface area contributed by atoms with Gasteiger partial charge < -0.3 is 5.11 Å². The molecule has 1 heterocycles. The third-order valence-electron chi connectivity index (χ3n) is 1.45. The van der Waals surface area contributed by atoms with Crippen LogP contribution in [0.25, 0.3) is 0 Å². The summed E-state index contributed by atoms with van der Waals surface area (Å²) in [6.45, 7) is 2.02. The summed E-state index contributed by atoms with van der Waals surface area (Å²) in [4.78, 5) is 8.09. The summed E-state index contributed by atoms with van der Waals surface area (Å²) in [6.07, 6.45) is 3.12. The third-order valence-corrected chi connectivity index (χ3v) is 1.45. The van der Waals surface area contributed by atoms with Crippen molar-refractivity contribution in [3.63, 3.8) is 0 Å². The molecule has 0 aromatic carbocycles. The van der Waals surface area contributed by atoms with Crippen molar-refractivity contribution in [3.05, 3.63) is 23.8 Å². The highest BCUT2D eigenvalue weighted by Crippen LogP contribution is 1.92. The van der Waals surface area contributed by atoms with E-state index in [0.717, 1.165) is 17.9 Å². The fraction of sp³-hybridized carbons (Fsp3) is 0.400. The molecule has 0 atom stereocenters. The van der Waals surface area contributed by atoms with Crippen LogP contribution in [0.1, 0.15) is 24.4 Å². The molecule has 0 unspecified atom stereocenters. The van der Waals surface area contributed by atoms with E-state index >= 15 is 0 Å². The van der Waals surface area contributed by atoms with Crippen LogP contribution in [0.5, 0.6) is 0 Å². The Morgan fingerprint density at radius 3 is 3.08 bits per heavy atom. The number of nitrogens with zero attached hydrogens (tertiary/aromatic N) is 2. The average Bonchev–Trinajstić information content (AvgIpc) is 2.13. The largest absolute Gasteiger partial charge is 0.396 e. The molecule has 0 aliphatic heterocycles. The fourth-order valence-corrected chi connectivity index (χ4v) is 0.846. The fourth-order valence-electron chi connectivity index (χ4n) is 0.846. The lowest BCUT2D eigenvalue weighted by Crippen LogP contribution is -1.89. The van der Waals surface area contributed by atoms with Crippen molar-refractivity contribution < 1.29 is 5.11 Å². The van der Waals surface area contributed by atoms with E-state index in [1.807, 2.05) is 6.92 Å². The number of hydrogen-bond donors (Lipinski definition) is 1. The Labute approximate surface area is 77.9 Å². The van der Waals surface area contributed by atoms with Gasteiger partial charge in [-0.2, -0.15) is 0 Å². The molecule has 0 saturated heterocycles. The Bertz CT molecular complexity index is 325. The minimum atomic E-state index is 0.192. The third kappa shape index (κ3) is 3.68. The molecule has 1 aromatic rings. The van der Waals surface area contributed by atoms with Gasteiger partial charge in [-0.15, -0.1) is 0 Å². The Morgan fingerprint density at radius 1 is 1.54 bits per heavy atom. The lowest BCUT2D eigenvalue weighted by Gasteiger charge is -1.90. The lowest BCUT2D eigenvalue weighted by molar-refractivity contribution is 0.290. The van der Waals surface area contributed by atoms with E-state index in [1.54, 1.807) is 12.3 Å². The summed E-state index contributed by atoms with van der Waals surface area (Å²) in [5.41, 5.74) is 0.741. The van der Waals surface area contributed by atoms with Gasteiger partial charge in [-0.3, -0.25) is 0 Å². The quantitative estimate of drug-likeness (QED) is 0.538. The van der Waals surface area contributed by atoms with Gasteiger partial charge in [-0.05, 0) is 25.3 Å². The molecule has 13 heavy (non-hydrogen) atoms. The highest BCUT2D eigenvalue weighted by Gasteiger charge is 1.88. The number of unbranched alkanes of at least 4 members (excludes halogenated alkanes) is 1. The second kappa shape index (κ2) is 5.28. The first-order valence-corrected chi connectivity index (χ1v) is 4.22. The maximum Gasteiger partial charge on any atom is 0.126 e. The summed E-state index contributed by atoms with van der Waals surface area (Å²) in [7, 11) is 0. The standard InChI is InChI=1S/C10H12N2O/c1-9-11-7-6-10(12-9)5-3-2-4-8-13/h6-7,13H,2,4,8H2,1H3. The predicted molar refractivity (Wildman–Crippen MR) is 50.0 cm³/mol. The lowest BCUT2D eigenvalue weighted by atomic mass is 10.3. The number of hydrogen-bond acceptors (Lipinski definition) is 3. The van der Waals surface area contributed by atoms with Crippen molar-refractivity contribution in [2.45, 2.75) is 19.8 Å². The summed E-state index contributed by atoms with van der Waals surface area (Å²) in [5.74, 6) is 6.57. The second-order valence-electron chi connectivity index (χ2n) is 2.62. The minimum Gasteiger partial charge on any atom is -0.396 e. The Morgan fingerprint density at radius 2 is 2.38 bits per heavy atom. The number of aryl methyl sites for hydroxylation is 1. The van der Waals surface area contributed by atoms with Gasteiger partial charge in [-0.1, -0.05) is 5.92 Å². The zero-order valence-electron chi connectivity index (χ0n) is 7.62. The summed E-state index contributed by atoms with van der Waals surface area (Å²) >= 11 is 0. The van der Waals surface area contributed by atoms with Crippen LogP contribution < -0.4 is 0 Å². The molecule has 0 aliphatic rings. The van der Waals surface area contributed by atoms with E-state index in [0.29, 0.717) is 6.42 Å². The average molecular weight is 176 g/mol. The normalized spacial score (nSPS) is 9.08. The SMILES string of the molecule is Cc1nccc(C#CCCCO)n1. The molecule has 0 amide bonds. The molecule has 1 rings (SSSR count). The predicted octanol–water partition coefficient (Wildman–Crippen LogP) is 0.909. The van der Waals surface area contributed by atoms with Crippen LogP contribution in [0.4, 0.5) is 0 Å².